The fraction of sp³-hybridized carbons (Fsp3) is 0.263. The van der Waals surface area contributed by atoms with E-state index in [4.69, 9.17) is 4.74 Å². The van der Waals surface area contributed by atoms with Crippen LogP contribution in [0.15, 0.2) is 48.5 Å². The second-order valence-corrected chi connectivity index (χ2v) is 5.15. The van der Waals surface area contributed by atoms with Gasteiger partial charge in [0.2, 0.25) is 0 Å². The second kappa shape index (κ2) is 8.13. The van der Waals surface area contributed by atoms with Gasteiger partial charge in [-0.3, -0.25) is 9.59 Å². The average molecular weight is 311 g/mol. The van der Waals surface area contributed by atoms with Crippen molar-refractivity contribution in [3.63, 3.8) is 0 Å². The zero-order valence-corrected chi connectivity index (χ0v) is 13.5. The molecule has 4 nitrogen and oxygen atoms in total. The van der Waals surface area contributed by atoms with Crippen LogP contribution in [-0.4, -0.2) is 18.3 Å². The summed E-state index contributed by atoms with van der Waals surface area (Å²) in [5, 5.41) is 2.85. The van der Waals surface area contributed by atoms with E-state index in [2.05, 4.69) is 5.32 Å². The van der Waals surface area contributed by atoms with Crippen molar-refractivity contribution >= 4 is 17.4 Å². The molecular weight excluding hydrogens is 290 g/mol. The third-order valence-corrected chi connectivity index (χ3v) is 3.54. The molecule has 0 atom stereocenters. The summed E-state index contributed by atoms with van der Waals surface area (Å²) in [5.74, 6) is 0.446. The van der Waals surface area contributed by atoms with Gasteiger partial charge in [-0.2, -0.15) is 0 Å². The maximum absolute atomic E-state index is 12.0. The molecule has 0 saturated heterocycles. The van der Waals surface area contributed by atoms with Gasteiger partial charge in [0, 0.05) is 17.7 Å². The highest BCUT2D eigenvalue weighted by molar-refractivity contribution is 5.96. The van der Waals surface area contributed by atoms with Crippen molar-refractivity contribution in [1.29, 1.82) is 0 Å². The van der Waals surface area contributed by atoms with Crippen molar-refractivity contribution < 1.29 is 14.3 Å². The van der Waals surface area contributed by atoms with Crippen molar-refractivity contribution in [3.05, 3.63) is 59.7 Å². The van der Waals surface area contributed by atoms with Crippen LogP contribution in [0, 0.1) is 0 Å². The van der Waals surface area contributed by atoms with Gasteiger partial charge in [0.05, 0.1) is 0 Å². The number of amides is 1. The van der Waals surface area contributed by atoms with Crippen LogP contribution < -0.4 is 10.1 Å². The maximum atomic E-state index is 12.0. The first kappa shape index (κ1) is 16.7. The van der Waals surface area contributed by atoms with Crippen molar-refractivity contribution in [2.45, 2.75) is 26.7 Å². The highest BCUT2D eigenvalue weighted by atomic mass is 16.5. The van der Waals surface area contributed by atoms with E-state index in [1.165, 1.54) is 0 Å². The van der Waals surface area contributed by atoms with E-state index < -0.39 is 0 Å². The van der Waals surface area contributed by atoms with Crippen LogP contribution in [0.4, 0.5) is 5.69 Å². The van der Waals surface area contributed by atoms with E-state index in [9.17, 15) is 9.59 Å². The standard InChI is InChI=1S/C19H21NO3/c1-3-14-7-5-6-8-17(14)20-19(22)13-23-16-11-9-15(10-12-16)18(21)4-2/h5-12H,3-4,13H2,1-2H3,(H,20,22). The van der Waals surface area contributed by atoms with Crippen molar-refractivity contribution in [3.8, 4) is 5.75 Å². The fourth-order valence-corrected chi connectivity index (χ4v) is 2.23. The Morgan fingerprint density at radius 2 is 1.70 bits per heavy atom. The Bertz CT molecular complexity index is 677. The molecule has 0 unspecified atom stereocenters. The second-order valence-electron chi connectivity index (χ2n) is 5.15. The first-order valence-corrected chi connectivity index (χ1v) is 7.77. The number of para-hydroxylation sites is 1. The van der Waals surface area contributed by atoms with Gasteiger partial charge in [0.1, 0.15) is 5.75 Å². The van der Waals surface area contributed by atoms with Crippen LogP contribution in [0.5, 0.6) is 5.75 Å². The molecule has 0 saturated carbocycles. The van der Waals surface area contributed by atoms with E-state index in [1.54, 1.807) is 24.3 Å². The molecule has 0 aliphatic carbocycles. The number of hydrogen-bond acceptors (Lipinski definition) is 3. The highest BCUT2D eigenvalue weighted by Crippen LogP contribution is 2.16. The van der Waals surface area contributed by atoms with E-state index >= 15 is 0 Å². The number of nitrogens with one attached hydrogen (secondary N) is 1. The molecule has 2 aromatic rings. The number of ether oxygens (including phenoxy) is 1. The van der Waals surface area contributed by atoms with Gasteiger partial charge in [-0.05, 0) is 42.3 Å². The minimum Gasteiger partial charge on any atom is -0.484 e. The number of aryl methyl sites for hydroxylation is 1. The lowest BCUT2D eigenvalue weighted by Gasteiger charge is -2.10. The zero-order chi connectivity index (χ0) is 16.7. The van der Waals surface area contributed by atoms with E-state index in [0.29, 0.717) is 17.7 Å². The smallest absolute Gasteiger partial charge is 0.262 e. The van der Waals surface area contributed by atoms with Gasteiger partial charge < -0.3 is 10.1 Å². The average Bonchev–Trinajstić information content (AvgIpc) is 2.60. The number of ketones is 1. The predicted octanol–water partition coefficient (Wildman–Crippen LogP) is 3.86. The largest absolute Gasteiger partial charge is 0.484 e. The molecule has 0 heterocycles. The van der Waals surface area contributed by atoms with Crippen LogP contribution in [-0.2, 0) is 11.2 Å². The summed E-state index contributed by atoms with van der Waals surface area (Å²) >= 11 is 0. The first-order valence-electron chi connectivity index (χ1n) is 7.77. The van der Waals surface area contributed by atoms with Crippen molar-refractivity contribution in [2.75, 3.05) is 11.9 Å². The highest BCUT2D eigenvalue weighted by Gasteiger charge is 2.07. The predicted molar refractivity (Wildman–Crippen MR) is 91.0 cm³/mol. The van der Waals surface area contributed by atoms with E-state index in [-0.39, 0.29) is 18.3 Å². The fourth-order valence-electron chi connectivity index (χ4n) is 2.23. The maximum Gasteiger partial charge on any atom is 0.262 e. The Kier molecular flexibility index (Phi) is 5.92. The molecule has 23 heavy (non-hydrogen) atoms. The third kappa shape index (κ3) is 4.68. The number of benzene rings is 2. The molecule has 2 rings (SSSR count). The van der Waals surface area contributed by atoms with Crippen LogP contribution in [0.2, 0.25) is 0 Å². The molecule has 0 fully saturated rings. The number of rotatable bonds is 7. The minimum atomic E-state index is -0.209. The van der Waals surface area contributed by atoms with Crippen molar-refractivity contribution in [1.82, 2.24) is 0 Å². The molecule has 1 amide bonds. The molecule has 1 N–H and O–H groups in total. The summed E-state index contributed by atoms with van der Waals surface area (Å²) in [6.45, 7) is 3.80. The van der Waals surface area contributed by atoms with Gasteiger partial charge in [-0.1, -0.05) is 32.0 Å². The minimum absolute atomic E-state index is 0.0703. The molecule has 0 spiro atoms. The summed E-state index contributed by atoms with van der Waals surface area (Å²) < 4.78 is 5.46. The quantitative estimate of drug-likeness (QED) is 0.790. The van der Waals surface area contributed by atoms with Gasteiger partial charge >= 0.3 is 0 Å². The number of Topliss-reactive ketones (excluding diaryl/α,β-unsaturated/α-hetero) is 1. The molecule has 0 aliphatic rings. The van der Waals surface area contributed by atoms with Crippen LogP contribution in [0.25, 0.3) is 0 Å². The summed E-state index contributed by atoms with van der Waals surface area (Å²) in [6.07, 6.45) is 1.32. The number of carbonyl (C=O) groups excluding carboxylic acids is 2. The van der Waals surface area contributed by atoms with Crippen LogP contribution in [0.1, 0.15) is 36.2 Å². The van der Waals surface area contributed by atoms with Crippen LogP contribution >= 0.6 is 0 Å². The Morgan fingerprint density at radius 3 is 2.35 bits per heavy atom. The normalized spacial score (nSPS) is 10.2. The monoisotopic (exact) mass is 311 g/mol. The van der Waals surface area contributed by atoms with Gasteiger partial charge in [-0.15, -0.1) is 0 Å². The SMILES string of the molecule is CCC(=O)c1ccc(OCC(=O)Nc2ccccc2CC)cc1. The number of hydrogen-bond donors (Lipinski definition) is 1. The first-order chi connectivity index (χ1) is 11.1. The molecule has 4 heteroatoms. The Morgan fingerprint density at radius 1 is 1.00 bits per heavy atom. The van der Waals surface area contributed by atoms with E-state index in [1.807, 2.05) is 38.1 Å². The third-order valence-electron chi connectivity index (χ3n) is 3.54. The van der Waals surface area contributed by atoms with Crippen molar-refractivity contribution in [2.24, 2.45) is 0 Å². The molecule has 0 bridgehead atoms. The summed E-state index contributed by atoms with van der Waals surface area (Å²) in [7, 11) is 0. The molecule has 0 radical (unpaired) electrons. The van der Waals surface area contributed by atoms with Gasteiger partial charge in [0.15, 0.2) is 12.4 Å². The molecular formula is C19H21NO3. The molecule has 120 valence electrons. The van der Waals surface area contributed by atoms with Crippen LogP contribution in [0.3, 0.4) is 0 Å². The Hall–Kier alpha value is -2.62. The Labute approximate surface area is 136 Å². The Balaban J connectivity index is 1.90. The summed E-state index contributed by atoms with van der Waals surface area (Å²) in [4.78, 5) is 23.5. The topological polar surface area (TPSA) is 55.4 Å². The van der Waals surface area contributed by atoms with Gasteiger partial charge in [-0.25, -0.2) is 0 Å². The zero-order valence-electron chi connectivity index (χ0n) is 13.5. The van der Waals surface area contributed by atoms with E-state index in [0.717, 1.165) is 17.7 Å². The number of anilines is 1. The lowest BCUT2D eigenvalue weighted by molar-refractivity contribution is -0.118. The van der Waals surface area contributed by atoms with Gasteiger partial charge in [0.25, 0.3) is 5.91 Å². The molecule has 0 aromatic heterocycles. The molecule has 0 aliphatic heterocycles. The summed E-state index contributed by atoms with van der Waals surface area (Å²) in [5.41, 5.74) is 2.55. The lowest BCUT2D eigenvalue weighted by atomic mass is 10.1. The lowest BCUT2D eigenvalue weighted by Crippen LogP contribution is -2.20. The number of carbonyl (C=O) groups is 2. The molecule has 2 aromatic carbocycles. The summed E-state index contributed by atoms with van der Waals surface area (Å²) in [6, 6.07) is 14.5.